The van der Waals surface area contributed by atoms with E-state index in [1.807, 2.05) is 0 Å². The third kappa shape index (κ3) is 5.73. The Morgan fingerprint density at radius 2 is 1.90 bits per heavy atom. The zero-order chi connectivity index (χ0) is 22.4. The third-order valence-electron chi connectivity index (χ3n) is 4.14. The molecule has 0 bridgehead atoms. The Bertz CT molecular complexity index is 1170. The number of ether oxygens (including phenoxy) is 1. The second kappa shape index (κ2) is 9.17. The van der Waals surface area contributed by atoms with E-state index in [4.69, 9.17) is 0 Å². The largest absolute Gasteiger partial charge is 0.573 e. The lowest BCUT2D eigenvalue weighted by Crippen LogP contribution is -2.31. The van der Waals surface area contributed by atoms with Crippen molar-refractivity contribution in [3.05, 3.63) is 93.7 Å². The molecule has 0 aliphatic heterocycles. The van der Waals surface area contributed by atoms with Crippen LogP contribution in [0.2, 0.25) is 0 Å². The molecule has 0 fully saturated rings. The van der Waals surface area contributed by atoms with Crippen molar-refractivity contribution >= 4 is 5.91 Å². The van der Waals surface area contributed by atoms with Crippen molar-refractivity contribution in [2.45, 2.75) is 19.3 Å². The van der Waals surface area contributed by atoms with Crippen LogP contribution >= 0.6 is 0 Å². The molecule has 9 heteroatoms. The lowest BCUT2D eigenvalue weighted by Gasteiger charge is -2.20. The molecule has 3 aromatic rings. The number of amides is 1. The highest BCUT2D eigenvalue weighted by Gasteiger charge is 2.31. The number of nitrogens with zero attached hydrogens (tertiary/aromatic N) is 1. The van der Waals surface area contributed by atoms with Crippen molar-refractivity contribution in [1.82, 2.24) is 15.3 Å². The van der Waals surface area contributed by atoms with Gasteiger partial charge in [-0.25, -0.2) is 0 Å². The molecule has 1 amide bonds. The van der Waals surface area contributed by atoms with Crippen LogP contribution in [0.25, 0.3) is 0 Å². The molecule has 0 radical (unpaired) electrons. The van der Waals surface area contributed by atoms with Crippen molar-refractivity contribution in [1.29, 1.82) is 0 Å². The van der Waals surface area contributed by atoms with Gasteiger partial charge in [-0.05, 0) is 42.8 Å². The van der Waals surface area contributed by atoms with Crippen LogP contribution in [0.3, 0.4) is 0 Å². The topological polar surface area (TPSA) is 84.1 Å². The number of nitrogens with one attached hydrogen (secondary N) is 2. The van der Waals surface area contributed by atoms with Crippen LogP contribution in [0.15, 0.2) is 65.7 Å². The van der Waals surface area contributed by atoms with E-state index in [-0.39, 0.29) is 11.1 Å². The van der Waals surface area contributed by atoms with Crippen molar-refractivity contribution < 1.29 is 22.7 Å². The lowest BCUT2D eigenvalue weighted by molar-refractivity contribution is -0.274. The molecule has 0 saturated carbocycles. The molecule has 0 aliphatic carbocycles. The average Bonchev–Trinajstić information content (AvgIpc) is 2.73. The van der Waals surface area contributed by atoms with Gasteiger partial charge in [0.2, 0.25) is 5.56 Å². The van der Waals surface area contributed by atoms with E-state index in [0.717, 1.165) is 12.1 Å². The molecule has 1 atom stereocenters. The molecule has 158 valence electrons. The molecule has 1 aromatic carbocycles. The lowest BCUT2D eigenvalue weighted by atomic mass is 9.98. The number of aromatic amines is 1. The summed E-state index contributed by atoms with van der Waals surface area (Å²) in [5, 5.41) is 2.80. The molecular weight excluding hydrogens is 411 g/mol. The molecule has 2 aromatic heterocycles. The van der Waals surface area contributed by atoms with E-state index in [0.29, 0.717) is 16.8 Å². The van der Waals surface area contributed by atoms with Crippen LogP contribution in [0.4, 0.5) is 13.2 Å². The summed E-state index contributed by atoms with van der Waals surface area (Å²) in [4.78, 5) is 30.8. The number of rotatable bonds is 5. The summed E-state index contributed by atoms with van der Waals surface area (Å²) in [7, 11) is 0. The number of hydrogen-bond donors (Lipinski definition) is 2. The highest BCUT2D eigenvalue weighted by Crippen LogP contribution is 2.28. The molecule has 0 unspecified atom stereocenters. The van der Waals surface area contributed by atoms with Crippen molar-refractivity contribution in [3.63, 3.8) is 0 Å². The number of carbonyl (C=O) groups excluding carboxylic acids is 1. The van der Waals surface area contributed by atoms with Crippen molar-refractivity contribution in [2.75, 3.05) is 0 Å². The van der Waals surface area contributed by atoms with E-state index in [1.54, 1.807) is 19.1 Å². The normalized spacial score (nSPS) is 11.7. The average molecular weight is 427 g/mol. The van der Waals surface area contributed by atoms with E-state index in [1.165, 1.54) is 36.7 Å². The summed E-state index contributed by atoms with van der Waals surface area (Å²) in [5.74, 6) is 4.77. The van der Waals surface area contributed by atoms with E-state index >= 15 is 0 Å². The number of aromatic nitrogens is 2. The van der Waals surface area contributed by atoms with Gasteiger partial charge >= 0.3 is 6.36 Å². The first-order valence-corrected chi connectivity index (χ1v) is 9.00. The summed E-state index contributed by atoms with van der Waals surface area (Å²) in [6, 6.07) is 10.2. The summed E-state index contributed by atoms with van der Waals surface area (Å²) in [6.45, 7) is 1.65. The molecule has 3 rings (SSSR count). The summed E-state index contributed by atoms with van der Waals surface area (Å²) in [5.41, 5.74) is 1.26. The Kier molecular flexibility index (Phi) is 6.40. The quantitative estimate of drug-likeness (QED) is 0.610. The Balaban J connectivity index is 2.00. The zero-order valence-corrected chi connectivity index (χ0v) is 16.2. The molecule has 2 N–H and O–H groups in total. The number of carbonyl (C=O) groups is 1. The van der Waals surface area contributed by atoms with Crippen LogP contribution in [0, 0.1) is 11.8 Å². The fraction of sp³-hybridized carbons (Fsp3) is 0.136. The van der Waals surface area contributed by atoms with Gasteiger partial charge in [-0.2, -0.15) is 0 Å². The Labute approximate surface area is 175 Å². The molecule has 0 aliphatic rings. The van der Waals surface area contributed by atoms with Gasteiger partial charge in [-0.1, -0.05) is 18.1 Å². The number of benzene rings is 1. The van der Waals surface area contributed by atoms with Gasteiger partial charge in [0, 0.05) is 24.0 Å². The SMILES string of the molecule is CC#Cc1cccnc1[C@@H](NC(=O)c1ccc(=O)[nH]c1)c1ccc(OC(F)(F)F)cc1. The highest BCUT2D eigenvalue weighted by molar-refractivity contribution is 5.94. The van der Waals surface area contributed by atoms with Crippen molar-refractivity contribution in [3.8, 4) is 17.6 Å². The maximum atomic E-state index is 12.8. The second-order valence-electron chi connectivity index (χ2n) is 6.28. The smallest absolute Gasteiger partial charge is 0.406 e. The summed E-state index contributed by atoms with van der Waals surface area (Å²) < 4.78 is 41.3. The van der Waals surface area contributed by atoms with Gasteiger partial charge in [0.05, 0.1) is 17.3 Å². The maximum Gasteiger partial charge on any atom is 0.573 e. The number of hydrogen-bond acceptors (Lipinski definition) is 4. The number of halogens is 3. The third-order valence-corrected chi connectivity index (χ3v) is 4.14. The van der Waals surface area contributed by atoms with Crippen LogP contribution in [0.5, 0.6) is 5.75 Å². The zero-order valence-electron chi connectivity index (χ0n) is 16.2. The Morgan fingerprint density at radius 3 is 2.52 bits per heavy atom. The standard InChI is InChI=1S/C22H16F3N3O3/c1-2-4-14-5-3-12-26-19(14)20(28-21(30)16-8-11-18(29)27-13-16)15-6-9-17(10-7-15)31-22(23,24)25/h3,5-13,20H,1H3,(H,27,29)(H,28,30)/t20-/m0/s1. The van der Waals surface area contributed by atoms with Gasteiger partial charge < -0.3 is 15.0 Å². The Hall–Kier alpha value is -4.06. The molecule has 6 nitrogen and oxygen atoms in total. The van der Waals surface area contributed by atoms with E-state index in [2.05, 4.69) is 31.9 Å². The number of pyridine rings is 2. The number of alkyl halides is 3. The first kappa shape index (κ1) is 21.6. The van der Waals surface area contributed by atoms with Gasteiger partial charge in [0.15, 0.2) is 0 Å². The highest BCUT2D eigenvalue weighted by atomic mass is 19.4. The van der Waals surface area contributed by atoms with Gasteiger partial charge in [0.25, 0.3) is 5.91 Å². The first-order chi connectivity index (χ1) is 14.8. The molecule has 31 heavy (non-hydrogen) atoms. The maximum absolute atomic E-state index is 12.8. The van der Waals surface area contributed by atoms with Crippen molar-refractivity contribution in [2.24, 2.45) is 0 Å². The van der Waals surface area contributed by atoms with E-state index < -0.39 is 24.1 Å². The summed E-state index contributed by atoms with van der Waals surface area (Å²) in [6.07, 6.45) is -2.03. The Morgan fingerprint density at radius 1 is 1.16 bits per heavy atom. The molecule has 0 saturated heterocycles. The van der Waals surface area contributed by atoms with Crippen LogP contribution in [-0.4, -0.2) is 22.2 Å². The fourth-order valence-electron chi connectivity index (χ4n) is 2.83. The molecule has 2 heterocycles. The van der Waals surface area contributed by atoms with Crippen LogP contribution in [0.1, 0.15) is 40.1 Å². The predicted molar refractivity (Wildman–Crippen MR) is 106 cm³/mol. The minimum atomic E-state index is -4.82. The van der Waals surface area contributed by atoms with Gasteiger partial charge in [-0.3, -0.25) is 14.6 Å². The summed E-state index contributed by atoms with van der Waals surface area (Å²) >= 11 is 0. The van der Waals surface area contributed by atoms with Gasteiger partial charge in [-0.15, -0.1) is 19.1 Å². The number of H-pyrrole nitrogens is 1. The second-order valence-corrected chi connectivity index (χ2v) is 6.28. The molecular formula is C22H16F3N3O3. The van der Waals surface area contributed by atoms with Crippen LogP contribution in [-0.2, 0) is 0 Å². The van der Waals surface area contributed by atoms with Crippen LogP contribution < -0.4 is 15.6 Å². The first-order valence-electron chi connectivity index (χ1n) is 9.00. The predicted octanol–water partition coefficient (Wildman–Crippen LogP) is 3.56. The molecule has 0 spiro atoms. The monoisotopic (exact) mass is 427 g/mol. The fourth-order valence-corrected chi connectivity index (χ4v) is 2.83. The van der Waals surface area contributed by atoms with E-state index in [9.17, 15) is 22.8 Å². The minimum Gasteiger partial charge on any atom is -0.406 e. The minimum absolute atomic E-state index is 0.195. The van der Waals surface area contributed by atoms with Gasteiger partial charge in [0.1, 0.15) is 5.75 Å².